The van der Waals surface area contributed by atoms with Crippen LogP contribution in [-0.4, -0.2) is 34.4 Å². The van der Waals surface area contributed by atoms with Crippen LogP contribution in [0.25, 0.3) is 22.6 Å². The van der Waals surface area contributed by atoms with Crippen molar-refractivity contribution in [3.8, 4) is 11.4 Å². The topological polar surface area (TPSA) is 106 Å². The summed E-state index contributed by atoms with van der Waals surface area (Å²) in [6.45, 7) is 3.87. The maximum atomic E-state index is 13.6. The van der Waals surface area contributed by atoms with Crippen molar-refractivity contribution in [2.24, 2.45) is 5.92 Å². The van der Waals surface area contributed by atoms with Gasteiger partial charge in [0, 0.05) is 19.3 Å². The highest BCUT2D eigenvalue weighted by atomic mass is 19.4. The lowest BCUT2D eigenvalue weighted by molar-refractivity contribution is -0.152. The van der Waals surface area contributed by atoms with E-state index in [1.54, 1.807) is 19.2 Å². The van der Waals surface area contributed by atoms with E-state index in [-0.39, 0.29) is 55.2 Å². The lowest BCUT2D eigenvalue weighted by Crippen LogP contribution is -2.40. The number of imidazole rings is 1. The third kappa shape index (κ3) is 5.57. The maximum Gasteiger partial charge on any atom is 0.416 e. The molecule has 0 spiro atoms. The Morgan fingerprint density at radius 2 is 1.85 bits per heavy atom. The Kier molecular flexibility index (Phi) is 7.87. The molecular formula is C28H31F3N6O4. The Balaban J connectivity index is 1.58. The molecule has 1 aromatic carbocycles. The quantitative estimate of drug-likeness (QED) is 0.275. The van der Waals surface area contributed by atoms with Crippen molar-refractivity contribution in [1.82, 2.24) is 28.5 Å². The fourth-order valence-corrected chi connectivity index (χ4v) is 5.35. The van der Waals surface area contributed by atoms with E-state index in [1.165, 1.54) is 26.1 Å². The zero-order valence-electron chi connectivity index (χ0n) is 22.9. The number of rotatable bonds is 9. The number of aryl methyl sites for hydroxylation is 1. The lowest BCUT2D eigenvalue weighted by Gasteiger charge is -2.13. The molecule has 5 rings (SSSR count). The van der Waals surface area contributed by atoms with E-state index in [0.29, 0.717) is 17.5 Å². The number of hydrogen-bond acceptors (Lipinski definition) is 6. The number of carbonyl (C=O) groups excluding carboxylic acids is 1. The Hall–Kier alpha value is -4.16. The van der Waals surface area contributed by atoms with Crippen molar-refractivity contribution in [2.75, 3.05) is 0 Å². The van der Waals surface area contributed by atoms with E-state index in [4.69, 9.17) is 4.74 Å². The first-order valence-corrected chi connectivity index (χ1v) is 13.7. The highest BCUT2D eigenvalue weighted by molar-refractivity contribution is 5.77. The number of carbonyl (C=O) groups is 1. The van der Waals surface area contributed by atoms with Crippen molar-refractivity contribution < 1.29 is 22.7 Å². The third-order valence-corrected chi connectivity index (χ3v) is 7.39. The third-order valence-electron chi connectivity index (χ3n) is 7.39. The number of ether oxygens (including phenoxy) is 1. The van der Waals surface area contributed by atoms with Gasteiger partial charge in [0.1, 0.15) is 5.82 Å². The Morgan fingerprint density at radius 3 is 2.54 bits per heavy atom. The minimum atomic E-state index is -4.47. The molecule has 1 aliphatic rings. The molecule has 0 atom stereocenters. The molecule has 4 aromatic rings. The van der Waals surface area contributed by atoms with Gasteiger partial charge >= 0.3 is 17.8 Å². The van der Waals surface area contributed by atoms with Crippen molar-refractivity contribution >= 4 is 17.1 Å². The first kappa shape index (κ1) is 28.4. The molecular weight excluding hydrogens is 541 g/mol. The molecule has 0 amide bonds. The summed E-state index contributed by atoms with van der Waals surface area (Å²) >= 11 is 0. The van der Waals surface area contributed by atoms with E-state index >= 15 is 0 Å². The molecule has 0 bridgehead atoms. The maximum absolute atomic E-state index is 13.6. The number of aromatic nitrogens is 6. The second kappa shape index (κ2) is 11.4. The van der Waals surface area contributed by atoms with Gasteiger partial charge in [0.05, 0.1) is 29.8 Å². The van der Waals surface area contributed by atoms with Crippen LogP contribution in [0.1, 0.15) is 57.1 Å². The van der Waals surface area contributed by atoms with Crippen LogP contribution in [0.3, 0.4) is 0 Å². The molecule has 0 aliphatic heterocycles. The van der Waals surface area contributed by atoms with Gasteiger partial charge in [-0.3, -0.25) is 28.0 Å². The van der Waals surface area contributed by atoms with Crippen LogP contribution < -0.4 is 11.2 Å². The predicted octanol–water partition coefficient (Wildman–Crippen LogP) is 4.41. The molecule has 1 fully saturated rings. The van der Waals surface area contributed by atoms with E-state index in [0.717, 1.165) is 42.4 Å². The number of fused-ring (bicyclic) bond motifs is 1. The fourth-order valence-electron chi connectivity index (χ4n) is 5.35. The Bertz CT molecular complexity index is 1690. The Labute approximate surface area is 233 Å². The van der Waals surface area contributed by atoms with Gasteiger partial charge in [0.15, 0.2) is 17.9 Å². The molecule has 0 saturated heterocycles. The van der Waals surface area contributed by atoms with Crippen molar-refractivity contribution in [2.45, 2.75) is 78.5 Å². The summed E-state index contributed by atoms with van der Waals surface area (Å²) in [5.41, 5.74) is -0.645. The number of hydrogen-bond donors (Lipinski definition) is 0. The van der Waals surface area contributed by atoms with Crippen LogP contribution in [0, 0.1) is 5.92 Å². The molecule has 1 aliphatic carbocycles. The predicted molar refractivity (Wildman–Crippen MR) is 144 cm³/mol. The Morgan fingerprint density at radius 1 is 1.10 bits per heavy atom. The van der Waals surface area contributed by atoms with Gasteiger partial charge in [-0.2, -0.15) is 18.3 Å². The molecule has 41 heavy (non-hydrogen) atoms. The second-order valence-corrected chi connectivity index (χ2v) is 10.2. The molecule has 3 heterocycles. The number of halogens is 3. The van der Waals surface area contributed by atoms with Crippen LogP contribution in [0.5, 0.6) is 0 Å². The number of alkyl halides is 3. The van der Waals surface area contributed by atoms with E-state index in [2.05, 4.69) is 10.1 Å². The van der Waals surface area contributed by atoms with Gasteiger partial charge in [0.25, 0.3) is 5.56 Å². The zero-order valence-corrected chi connectivity index (χ0v) is 22.9. The molecule has 0 unspecified atom stereocenters. The minimum Gasteiger partial charge on any atom is -0.444 e. The summed E-state index contributed by atoms with van der Waals surface area (Å²) in [7, 11) is 0. The number of benzene rings is 1. The van der Waals surface area contributed by atoms with Crippen LogP contribution in [-0.2, 0) is 42.1 Å². The van der Waals surface area contributed by atoms with E-state index in [9.17, 15) is 27.6 Å². The highest BCUT2D eigenvalue weighted by Crippen LogP contribution is 2.30. The average Bonchev–Trinajstić information content (AvgIpc) is 3.70. The zero-order chi connectivity index (χ0) is 29.3. The normalized spacial score (nSPS) is 14.3. The van der Waals surface area contributed by atoms with Crippen LogP contribution in [0.4, 0.5) is 13.2 Å². The standard InChI is InChI=1S/C28H31F3N6O4/c1-3-12-36-25(38)22-24(35(4-2)27(36)40)33-23(37(22)17-41-26(39)19-9-5-6-10-19)20-14-32-34(16-20)15-18-8-7-11-21(13-18)28(29,30)31/h7-8,11,13-14,16,19H,3-6,9-10,12,15,17H2,1-2H3. The summed E-state index contributed by atoms with van der Waals surface area (Å²) in [6, 6.07) is 4.98. The minimum absolute atomic E-state index is 0.0593. The van der Waals surface area contributed by atoms with Gasteiger partial charge in [-0.25, -0.2) is 9.78 Å². The largest absolute Gasteiger partial charge is 0.444 e. The molecule has 1 saturated carbocycles. The monoisotopic (exact) mass is 572 g/mol. The summed E-state index contributed by atoms with van der Waals surface area (Å²) in [4.78, 5) is 44.1. The van der Waals surface area contributed by atoms with Crippen LogP contribution in [0.15, 0.2) is 46.2 Å². The molecule has 0 N–H and O–H groups in total. The van der Waals surface area contributed by atoms with Gasteiger partial charge < -0.3 is 4.74 Å². The van der Waals surface area contributed by atoms with Crippen LogP contribution in [0.2, 0.25) is 0 Å². The highest BCUT2D eigenvalue weighted by Gasteiger charge is 2.30. The first-order valence-electron chi connectivity index (χ1n) is 13.7. The van der Waals surface area contributed by atoms with Crippen molar-refractivity contribution in [3.05, 3.63) is 68.6 Å². The lowest BCUT2D eigenvalue weighted by atomic mass is 10.1. The number of nitrogens with zero attached hydrogens (tertiary/aromatic N) is 6. The summed E-state index contributed by atoms with van der Waals surface area (Å²) < 4.78 is 50.7. The van der Waals surface area contributed by atoms with Gasteiger partial charge in [-0.1, -0.05) is 31.9 Å². The second-order valence-electron chi connectivity index (χ2n) is 10.2. The SMILES string of the molecule is CCCn1c(=O)c2c(nc(-c3cnn(Cc4cccc(C(F)(F)F)c4)c3)n2COC(=O)C2CCCC2)n(CC)c1=O. The van der Waals surface area contributed by atoms with Crippen molar-refractivity contribution in [3.63, 3.8) is 0 Å². The first-order chi connectivity index (χ1) is 19.6. The smallest absolute Gasteiger partial charge is 0.416 e. The van der Waals surface area contributed by atoms with E-state index in [1.807, 2.05) is 6.92 Å². The number of esters is 1. The van der Waals surface area contributed by atoms with Crippen LogP contribution >= 0.6 is 0 Å². The average molecular weight is 573 g/mol. The molecule has 10 nitrogen and oxygen atoms in total. The molecule has 0 radical (unpaired) electrons. The fraction of sp³-hybridized carbons (Fsp3) is 0.464. The molecule has 3 aromatic heterocycles. The van der Waals surface area contributed by atoms with Gasteiger partial charge in [0.2, 0.25) is 0 Å². The molecule has 13 heteroatoms. The van der Waals surface area contributed by atoms with Gasteiger partial charge in [-0.05, 0) is 43.9 Å². The van der Waals surface area contributed by atoms with Crippen molar-refractivity contribution in [1.29, 1.82) is 0 Å². The van der Waals surface area contributed by atoms with Gasteiger partial charge in [-0.15, -0.1) is 0 Å². The summed E-state index contributed by atoms with van der Waals surface area (Å²) in [5, 5.41) is 4.30. The van der Waals surface area contributed by atoms with E-state index < -0.39 is 23.0 Å². The summed E-state index contributed by atoms with van der Waals surface area (Å²) in [5.74, 6) is -0.301. The molecule has 218 valence electrons. The summed E-state index contributed by atoms with van der Waals surface area (Å²) in [6.07, 6.45) is 2.56.